The summed E-state index contributed by atoms with van der Waals surface area (Å²) in [5.41, 5.74) is 4.04. The van der Waals surface area contributed by atoms with E-state index < -0.39 is 38.1 Å². The third kappa shape index (κ3) is 4.78. The van der Waals surface area contributed by atoms with Crippen molar-refractivity contribution in [1.29, 1.82) is 0 Å². The van der Waals surface area contributed by atoms with Crippen LogP contribution < -0.4 is 16.3 Å². The molecular weight excluding hydrogens is 592 g/mol. The van der Waals surface area contributed by atoms with Crippen molar-refractivity contribution in [3.05, 3.63) is 77.4 Å². The summed E-state index contributed by atoms with van der Waals surface area (Å²) in [6.07, 6.45) is 4.21. The van der Waals surface area contributed by atoms with Gasteiger partial charge in [0.2, 0.25) is 15.7 Å². The molecule has 14 heteroatoms. The Balaban J connectivity index is 1.63. The molecule has 1 aliphatic carbocycles. The first-order chi connectivity index (χ1) is 21.0. The minimum atomic E-state index is -3.94. The highest BCUT2D eigenvalue weighted by Gasteiger charge is 2.37. The number of hydrogen-bond acceptors (Lipinski definition) is 9. The molecule has 0 spiro atoms. The van der Waals surface area contributed by atoms with Crippen LogP contribution >= 0.6 is 0 Å². The highest BCUT2D eigenvalue weighted by Crippen LogP contribution is 2.36. The number of sulfone groups is 1. The molecular formula is C30H29F2N7O4S. The lowest BCUT2D eigenvalue weighted by Gasteiger charge is -2.40. The number of halogens is 2. The largest absolute Gasteiger partial charge is 0.398 e. The van der Waals surface area contributed by atoms with E-state index >= 15 is 8.78 Å². The number of aromatic nitrogens is 4. The lowest BCUT2D eigenvalue weighted by atomic mass is 10.0. The first-order valence-corrected chi connectivity index (χ1v) is 15.6. The van der Waals surface area contributed by atoms with Crippen LogP contribution in [0.1, 0.15) is 26.2 Å². The molecule has 6 rings (SSSR count). The molecule has 1 aromatic carbocycles. The van der Waals surface area contributed by atoms with Crippen molar-refractivity contribution in [1.82, 2.24) is 24.4 Å². The van der Waals surface area contributed by atoms with Gasteiger partial charge in [-0.1, -0.05) is 19.1 Å². The Bertz CT molecular complexity index is 1980. The number of fused-ring (bicyclic) bond motifs is 1. The molecule has 1 atom stereocenters. The average molecular weight is 622 g/mol. The van der Waals surface area contributed by atoms with Gasteiger partial charge in [0, 0.05) is 37.6 Å². The number of carbonyl (C=O) groups is 1. The van der Waals surface area contributed by atoms with Gasteiger partial charge in [0.25, 0.3) is 0 Å². The highest BCUT2D eigenvalue weighted by molar-refractivity contribution is 7.92. The van der Waals surface area contributed by atoms with E-state index in [0.717, 1.165) is 23.1 Å². The van der Waals surface area contributed by atoms with Crippen molar-refractivity contribution in [3.8, 4) is 16.9 Å². The van der Waals surface area contributed by atoms with E-state index in [2.05, 4.69) is 21.5 Å². The Kier molecular flexibility index (Phi) is 7.40. The van der Waals surface area contributed by atoms with Gasteiger partial charge < -0.3 is 15.5 Å². The summed E-state index contributed by atoms with van der Waals surface area (Å²) in [7, 11) is -3.94. The van der Waals surface area contributed by atoms with Crippen LogP contribution in [-0.2, 0) is 14.6 Å². The molecule has 2 aliphatic rings. The molecule has 0 radical (unpaired) electrons. The van der Waals surface area contributed by atoms with E-state index in [1.165, 1.54) is 36.5 Å². The maximum atomic E-state index is 15.9. The molecule has 4 aromatic rings. The summed E-state index contributed by atoms with van der Waals surface area (Å²) in [5, 5.41) is -0.905. The van der Waals surface area contributed by atoms with Gasteiger partial charge in [-0.25, -0.2) is 36.5 Å². The second-order valence-corrected chi connectivity index (χ2v) is 13.0. The van der Waals surface area contributed by atoms with Gasteiger partial charge in [0.05, 0.1) is 21.9 Å². The van der Waals surface area contributed by atoms with Gasteiger partial charge in [-0.15, -0.1) is 0 Å². The Morgan fingerprint density at radius 2 is 1.89 bits per heavy atom. The number of pyridine rings is 2. The van der Waals surface area contributed by atoms with E-state index in [1.54, 1.807) is 9.80 Å². The molecule has 0 bridgehead atoms. The minimum absolute atomic E-state index is 0.0759. The number of amides is 1. The van der Waals surface area contributed by atoms with Gasteiger partial charge >= 0.3 is 5.69 Å². The molecule has 1 aliphatic heterocycles. The van der Waals surface area contributed by atoms with Crippen LogP contribution in [0.5, 0.6) is 0 Å². The van der Waals surface area contributed by atoms with E-state index in [9.17, 15) is 18.0 Å². The molecule has 3 aromatic heterocycles. The van der Waals surface area contributed by atoms with Crippen molar-refractivity contribution in [2.45, 2.75) is 42.5 Å². The zero-order valence-electron chi connectivity index (χ0n) is 23.8. The summed E-state index contributed by atoms with van der Waals surface area (Å²) >= 11 is 0. The number of carbonyl (C=O) groups excluding carboxylic acids is 1. The monoisotopic (exact) mass is 621 g/mol. The van der Waals surface area contributed by atoms with Gasteiger partial charge in [-0.2, -0.15) is 4.98 Å². The Morgan fingerprint density at radius 1 is 1.11 bits per heavy atom. The highest BCUT2D eigenvalue weighted by atomic mass is 32.2. The van der Waals surface area contributed by atoms with Crippen LogP contribution in [0.2, 0.25) is 0 Å². The molecule has 2 fully saturated rings. The van der Waals surface area contributed by atoms with Gasteiger partial charge in [0.15, 0.2) is 16.5 Å². The van der Waals surface area contributed by atoms with Crippen LogP contribution in [0.25, 0.3) is 28.0 Å². The lowest BCUT2D eigenvalue weighted by molar-refractivity contribution is -0.126. The molecule has 44 heavy (non-hydrogen) atoms. The third-order valence-corrected chi connectivity index (χ3v) is 10.4. The number of benzene rings is 1. The van der Waals surface area contributed by atoms with Crippen molar-refractivity contribution in [2.75, 3.05) is 30.3 Å². The van der Waals surface area contributed by atoms with Gasteiger partial charge in [0.1, 0.15) is 17.3 Å². The summed E-state index contributed by atoms with van der Waals surface area (Å²) in [4.78, 5) is 42.4. The molecule has 2 N–H and O–H groups in total. The summed E-state index contributed by atoms with van der Waals surface area (Å²) in [6, 6.07) is 7.49. The Morgan fingerprint density at radius 3 is 2.55 bits per heavy atom. The van der Waals surface area contributed by atoms with Crippen molar-refractivity contribution < 1.29 is 22.0 Å². The van der Waals surface area contributed by atoms with E-state index in [1.807, 2.05) is 6.92 Å². The standard InChI is InChI=1S/C30H29F2N7O4S/c1-3-24(40)37-13-14-38(17(2)16-37)27-19-15-21(32)26(25-20(31)9-5-10-22(25)33)35-28(19)39(30(41)36-27)23-11-6-12-34-29(23)44(42,43)18-7-4-8-18/h3,5-6,9-12,15,17-18H,1,4,7-8,13-14,16,33H2,2H3/t17-/m0/s1. The number of hydrogen-bond donors (Lipinski definition) is 1. The summed E-state index contributed by atoms with van der Waals surface area (Å²) in [5.74, 6) is -1.91. The fourth-order valence-corrected chi connectivity index (χ4v) is 7.65. The molecule has 4 heterocycles. The first-order valence-electron chi connectivity index (χ1n) is 14.1. The third-order valence-electron chi connectivity index (χ3n) is 8.22. The summed E-state index contributed by atoms with van der Waals surface area (Å²) < 4.78 is 59.0. The Labute approximate surface area is 251 Å². The van der Waals surface area contributed by atoms with Gasteiger partial charge in [-0.3, -0.25) is 4.79 Å². The average Bonchev–Trinajstić information content (AvgIpc) is 2.96. The number of nitrogen functional groups attached to an aromatic ring is 1. The second-order valence-electron chi connectivity index (χ2n) is 10.9. The molecule has 228 valence electrons. The maximum Gasteiger partial charge on any atom is 0.355 e. The molecule has 1 amide bonds. The van der Waals surface area contributed by atoms with Crippen molar-refractivity contribution in [2.24, 2.45) is 0 Å². The minimum Gasteiger partial charge on any atom is -0.398 e. The topological polar surface area (TPSA) is 144 Å². The summed E-state index contributed by atoms with van der Waals surface area (Å²) in [6.45, 7) is 6.18. The van der Waals surface area contributed by atoms with Crippen LogP contribution in [0.3, 0.4) is 0 Å². The van der Waals surface area contributed by atoms with E-state index in [0.29, 0.717) is 12.8 Å². The van der Waals surface area contributed by atoms with Crippen molar-refractivity contribution >= 4 is 38.3 Å². The fraction of sp³-hybridized carbons (Fsp3) is 0.300. The predicted octanol–water partition coefficient (Wildman–Crippen LogP) is 3.25. The Hall–Kier alpha value is -4.72. The number of nitrogens with zero attached hydrogens (tertiary/aromatic N) is 6. The number of rotatable bonds is 6. The second kappa shape index (κ2) is 11.1. The van der Waals surface area contributed by atoms with Gasteiger partial charge in [-0.05, 0) is 56.2 Å². The normalized spacial score (nSPS) is 17.5. The van der Waals surface area contributed by atoms with Crippen LogP contribution in [0, 0.1) is 11.6 Å². The first kappa shape index (κ1) is 29.4. The SMILES string of the molecule is C=CC(=O)N1CCN(c2nc(=O)n(-c3cccnc3S(=O)(=O)C3CCC3)c3nc(-c4c(N)cccc4F)c(F)cc23)[C@@H](C)C1. The zero-order valence-corrected chi connectivity index (χ0v) is 24.6. The zero-order chi connectivity index (χ0) is 31.3. The number of nitrogens with two attached hydrogens (primary N) is 1. The van der Waals surface area contributed by atoms with Crippen molar-refractivity contribution in [3.63, 3.8) is 0 Å². The molecule has 0 unspecified atom stereocenters. The quantitative estimate of drug-likeness (QED) is 0.253. The van der Waals surface area contributed by atoms with Crippen LogP contribution in [0.15, 0.2) is 65.1 Å². The number of anilines is 2. The number of piperazine rings is 1. The molecule has 1 saturated carbocycles. The smallest absolute Gasteiger partial charge is 0.355 e. The van der Waals surface area contributed by atoms with Crippen LogP contribution in [-0.4, -0.2) is 69.7 Å². The lowest BCUT2D eigenvalue weighted by Crippen LogP contribution is -2.54. The molecule has 1 saturated heterocycles. The maximum absolute atomic E-state index is 15.9. The fourth-order valence-electron chi connectivity index (χ4n) is 5.72. The van der Waals surface area contributed by atoms with E-state index in [-0.39, 0.29) is 70.4 Å². The van der Waals surface area contributed by atoms with E-state index in [4.69, 9.17) is 5.73 Å². The van der Waals surface area contributed by atoms with Crippen LogP contribution in [0.4, 0.5) is 20.3 Å². The predicted molar refractivity (Wildman–Crippen MR) is 161 cm³/mol. The molecule has 11 nitrogen and oxygen atoms in total.